The van der Waals surface area contributed by atoms with Gasteiger partial charge in [-0.25, -0.2) is 4.39 Å². The average molecular weight is 215 g/mol. The van der Waals surface area contributed by atoms with Crippen molar-refractivity contribution < 1.29 is 9.18 Å². The minimum atomic E-state index is -0.241. The zero-order valence-electron chi connectivity index (χ0n) is 8.56. The summed E-state index contributed by atoms with van der Waals surface area (Å²) in [5, 5.41) is 0. The molecule has 0 spiro atoms. The van der Waals surface area contributed by atoms with Gasteiger partial charge in [0.2, 0.25) is 0 Å². The van der Waals surface area contributed by atoms with Crippen molar-refractivity contribution in [3.05, 3.63) is 65.2 Å². The van der Waals surface area contributed by atoms with E-state index in [1.54, 1.807) is 18.3 Å². The van der Waals surface area contributed by atoms with Gasteiger partial charge < -0.3 is 0 Å². The summed E-state index contributed by atoms with van der Waals surface area (Å²) in [6, 6.07) is 9.92. The number of carbonyl (C=O) groups is 1. The van der Waals surface area contributed by atoms with Gasteiger partial charge >= 0.3 is 0 Å². The maximum Gasteiger partial charge on any atom is 0.168 e. The van der Waals surface area contributed by atoms with Crippen LogP contribution < -0.4 is 0 Å². The molecule has 3 heteroatoms. The first-order valence-electron chi connectivity index (χ1n) is 4.92. The summed E-state index contributed by atoms with van der Waals surface area (Å²) in [5.74, 6) is -0.241. The van der Waals surface area contributed by atoms with Gasteiger partial charge in [0, 0.05) is 6.20 Å². The standard InChI is InChI=1S/C13H10FNO/c14-12-3-1-2-10(7-12)6-11-4-5-13(9-16)15-8-11/h1-5,7-9H,6H2. The molecule has 2 aromatic rings. The van der Waals surface area contributed by atoms with Crippen LogP contribution in [0.3, 0.4) is 0 Å². The molecule has 0 unspecified atom stereocenters. The predicted octanol–water partition coefficient (Wildman–Crippen LogP) is 2.62. The van der Waals surface area contributed by atoms with Crippen molar-refractivity contribution in [3.63, 3.8) is 0 Å². The Balaban J connectivity index is 2.17. The van der Waals surface area contributed by atoms with E-state index in [1.807, 2.05) is 12.1 Å². The molecule has 0 amide bonds. The fraction of sp³-hybridized carbons (Fsp3) is 0.0769. The van der Waals surface area contributed by atoms with Crippen molar-refractivity contribution in [3.8, 4) is 0 Å². The molecule has 2 rings (SSSR count). The normalized spacial score (nSPS) is 10.1. The molecule has 0 fully saturated rings. The van der Waals surface area contributed by atoms with Crippen molar-refractivity contribution in [1.29, 1.82) is 0 Å². The summed E-state index contributed by atoms with van der Waals surface area (Å²) in [5.41, 5.74) is 2.25. The number of aromatic nitrogens is 1. The van der Waals surface area contributed by atoms with Crippen molar-refractivity contribution >= 4 is 6.29 Å². The van der Waals surface area contributed by atoms with E-state index in [4.69, 9.17) is 0 Å². The largest absolute Gasteiger partial charge is 0.296 e. The second kappa shape index (κ2) is 4.66. The van der Waals surface area contributed by atoms with Gasteiger partial charge in [0.1, 0.15) is 11.5 Å². The molecule has 0 aliphatic carbocycles. The third-order valence-corrected chi connectivity index (χ3v) is 2.27. The molecule has 0 radical (unpaired) electrons. The maximum atomic E-state index is 12.9. The van der Waals surface area contributed by atoms with Crippen LogP contribution in [-0.2, 0) is 6.42 Å². The van der Waals surface area contributed by atoms with Crippen LogP contribution in [0.5, 0.6) is 0 Å². The lowest BCUT2D eigenvalue weighted by molar-refractivity contribution is 0.111. The number of hydrogen-bond acceptors (Lipinski definition) is 2. The second-order valence-electron chi connectivity index (χ2n) is 3.52. The fourth-order valence-corrected chi connectivity index (χ4v) is 1.49. The molecule has 1 aromatic carbocycles. The molecule has 1 heterocycles. The lowest BCUT2D eigenvalue weighted by Gasteiger charge is -2.01. The molecule has 2 nitrogen and oxygen atoms in total. The molecule has 0 saturated heterocycles. The molecule has 0 aliphatic rings. The van der Waals surface area contributed by atoms with E-state index in [2.05, 4.69) is 4.98 Å². The number of benzene rings is 1. The second-order valence-corrected chi connectivity index (χ2v) is 3.52. The van der Waals surface area contributed by atoms with Crippen LogP contribution in [0.2, 0.25) is 0 Å². The summed E-state index contributed by atoms with van der Waals surface area (Å²) in [6.45, 7) is 0. The van der Waals surface area contributed by atoms with Crippen LogP contribution in [0.25, 0.3) is 0 Å². The minimum absolute atomic E-state index is 0.241. The van der Waals surface area contributed by atoms with E-state index in [1.165, 1.54) is 12.1 Å². The highest BCUT2D eigenvalue weighted by Crippen LogP contribution is 2.10. The summed E-state index contributed by atoms with van der Waals surface area (Å²) in [4.78, 5) is 14.4. The third kappa shape index (κ3) is 2.51. The molecule has 0 aliphatic heterocycles. The zero-order valence-corrected chi connectivity index (χ0v) is 8.56. The van der Waals surface area contributed by atoms with Crippen LogP contribution in [0, 0.1) is 5.82 Å². The van der Waals surface area contributed by atoms with Crippen LogP contribution in [0.1, 0.15) is 21.6 Å². The molecule has 1 aromatic heterocycles. The van der Waals surface area contributed by atoms with Gasteiger partial charge in [0.05, 0.1) is 0 Å². The van der Waals surface area contributed by atoms with Gasteiger partial charge in [0.25, 0.3) is 0 Å². The maximum absolute atomic E-state index is 12.9. The molecule has 80 valence electrons. The van der Waals surface area contributed by atoms with Gasteiger partial charge in [-0.15, -0.1) is 0 Å². The van der Waals surface area contributed by atoms with E-state index in [0.717, 1.165) is 11.1 Å². The highest BCUT2D eigenvalue weighted by atomic mass is 19.1. The first-order valence-corrected chi connectivity index (χ1v) is 4.92. The number of pyridine rings is 1. The number of carbonyl (C=O) groups excluding carboxylic acids is 1. The van der Waals surface area contributed by atoms with Crippen LogP contribution in [0.15, 0.2) is 42.6 Å². The van der Waals surface area contributed by atoms with Crippen molar-refractivity contribution in [2.75, 3.05) is 0 Å². The summed E-state index contributed by atoms with van der Waals surface area (Å²) in [7, 11) is 0. The first-order chi connectivity index (χ1) is 7.78. The lowest BCUT2D eigenvalue weighted by Crippen LogP contribution is -1.92. The van der Waals surface area contributed by atoms with Gasteiger partial charge in [-0.05, 0) is 35.7 Å². The Morgan fingerprint density at radius 3 is 2.69 bits per heavy atom. The molecular weight excluding hydrogens is 205 g/mol. The Labute approximate surface area is 92.8 Å². The average Bonchev–Trinajstić information content (AvgIpc) is 2.30. The number of aldehydes is 1. The van der Waals surface area contributed by atoms with Crippen molar-refractivity contribution in [1.82, 2.24) is 4.98 Å². The monoisotopic (exact) mass is 215 g/mol. The Kier molecular flexibility index (Phi) is 3.05. The quantitative estimate of drug-likeness (QED) is 0.737. The van der Waals surface area contributed by atoms with Gasteiger partial charge in [-0.2, -0.15) is 0 Å². The van der Waals surface area contributed by atoms with E-state index in [9.17, 15) is 9.18 Å². The smallest absolute Gasteiger partial charge is 0.168 e. The summed E-state index contributed by atoms with van der Waals surface area (Å²) >= 11 is 0. The highest BCUT2D eigenvalue weighted by molar-refractivity contribution is 5.71. The first kappa shape index (κ1) is 10.5. The Morgan fingerprint density at radius 2 is 2.06 bits per heavy atom. The summed E-state index contributed by atoms with van der Waals surface area (Å²) in [6.07, 6.45) is 2.95. The Bertz CT molecular complexity index is 494. The van der Waals surface area contributed by atoms with Crippen molar-refractivity contribution in [2.45, 2.75) is 6.42 Å². The Morgan fingerprint density at radius 1 is 1.19 bits per heavy atom. The topological polar surface area (TPSA) is 30.0 Å². The van der Waals surface area contributed by atoms with Crippen LogP contribution >= 0.6 is 0 Å². The van der Waals surface area contributed by atoms with E-state index < -0.39 is 0 Å². The molecule has 0 saturated carbocycles. The minimum Gasteiger partial charge on any atom is -0.296 e. The molecular formula is C13H10FNO. The SMILES string of the molecule is O=Cc1ccc(Cc2cccc(F)c2)cn1. The molecule has 0 atom stereocenters. The van der Waals surface area contributed by atoms with Crippen LogP contribution in [0.4, 0.5) is 4.39 Å². The fourth-order valence-electron chi connectivity index (χ4n) is 1.49. The van der Waals surface area contributed by atoms with Gasteiger partial charge in [-0.3, -0.25) is 9.78 Å². The Hall–Kier alpha value is -2.03. The molecule has 0 bridgehead atoms. The van der Waals surface area contributed by atoms with Crippen LogP contribution in [-0.4, -0.2) is 11.3 Å². The van der Waals surface area contributed by atoms with Crippen molar-refractivity contribution in [2.24, 2.45) is 0 Å². The van der Waals surface area contributed by atoms with E-state index in [-0.39, 0.29) is 5.82 Å². The number of rotatable bonds is 3. The lowest BCUT2D eigenvalue weighted by atomic mass is 10.1. The van der Waals surface area contributed by atoms with E-state index in [0.29, 0.717) is 18.4 Å². The number of hydrogen-bond donors (Lipinski definition) is 0. The number of halogens is 1. The molecule has 16 heavy (non-hydrogen) atoms. The number of nitrogens with zero attached hydrogens (tertiary/aromatic N) is 1. The van der Waals surface area contributed by atoms with Gasteiger partial charge in [-0.1, -0.05) is 18.2 Å². The third-order valence-electron chi connectivity index (χ3n) is 2.27. The highest BCUT2D eigenvalue weighted by Gasteiger charge is 1.99. The molecule has 0 N–H and O–H groups in total. The van der Waals surface area contributed by atoms with E-state index >= 15 is 0 Å². The summed E-state index contributed by atoms with van der Waals surface area (Å²) < 4.78 is 12.9. The predicted molar refractivity (Wildman–Crippen MR) is 58.8 cm³/mol. The zero-order chi connectivity index (χ0) is 11.4. The van der Waals surface area contributed by atoms with Gasteiger partial charge in [0.15, 0.2) is 6.29 Å².